The quantitative estimate of drug-likeness (QED) is 0.583. The molecule has 3 aromatic rings. The summed E-state index contributed by atoms with van der Waals surface area (Å²) in [6.07, 6.45) is 1.16. The van der Waals surface area contributed by atoms with Gasteiger partial charge in [-0.05, 0) is 57.5 Å². The number of carbonyl (C=O) groups is 2. The lowest BCUT2D eigenvalue weighted by atomic mass is 10.0. The van der Waals surface area contributed by atoms with Crippen molar-refractivity contribution in [2.75, 3.05) is 26.7 Å². The van der Waals surface area contributed by atoms with Crippen LogP contribution in [-0.4, -0.2) is 64.7 Å². The number of carbonyl (C=O) groups excluding carboxylic acids is 2. The van der Waals surface area contributed by atoms with Gasteiger partial charge < -0.3 is 24.1 Å². The summed E-state index contributed by atoms with van der Waals surface area (Å²) < 4.78 is 43.6. The average Bonchev–Trinajstić information content (AvgIpc) is 3.13. The number of hydrogen-bond acceptors (Lipinski definition) is 5. The summed E-state index contributed by atoms with van der Waals surface area (Å²) in [5, 5.41) is 2.36. The number of amides is 2. The lowest BCUT2D eigenvalue weighted by Gasteiger charge is -2.34. The van der Waals surface area contributed by atoms with Gasteiger partial charge in [0.05, 0.1) is 36.2 Å². The largest absolute Gasteiger partial charge is 0.444 e. The van der Waals surface area contributed by atoms with Crippen LogP contribution < -0.4 is 5.32 Å². The van der Waals surface area contributed by atoms with Crippen molar-refractivity contribution in [2.24, 2.45) is 0 Å². The zero-order chi connectivity index (χ0) is 26.2. The Hall–Kier alpha value is -3.53. The van der Waals surface area contributed by atoms with Crippen LogP contribution in [0.5, 0.6) is 0 Å². The maximum absolute atomic E-state index is 15.2. The fourth-order valence-corrected chi connectivity index (χ4v) is 4.22. The molecule has 8 nitrogen and oxygen atoms in total. The van der Waals surface area contributed by atoms with Crippen LogP contribution in [0.25, 0.3) is 16.9 Å². The average molecular weight is 501 g/mol. The van der Waals surface area contributed by atoms with E-state index in [2.05, 4.69) is 10.3 Å². The van der Waals surface area contributed by atoms with Crippen molar-refractivity contribution >= 4 is 17.6 Å². The molecule has 1 aromatic carbocycles. The summed E-state index contributed by atoms with van der Waals surface area (Å²) in [4.78, 5) is 30.6. The Morgan fingerprint density at radius 2 is 1.92 bits per heavy atom. The third kappa shape index (κ3) is 5.33. The van der Waals surface area contributed by atoms with E-state index in [-0.39, 0.29) is 29.8 Å². The van der Waals surface area contributed by atoms with E-state index in [1.807, 2.05) is 19.1 Å². The van der Waals surface area contributed by atoms with Gasteiger partial charge in [-0.1, -0.05) is 0 Å². The molecule has 2 amide bonds. The molecule has 192 valence electrons. The Balaban J connectivity index is 1.72. The minimum Gasteiger partial charge on any atom is -0.444 e. The SMILES string of the molecule is CNC(=O)c1cc(F)c(-c2nc3cc(C)ccn3c2C[C@H]2CN(C(=O)OC(C)(C)C)CCO2)c(F)c1. The number of nitrogens with zero attached hydrogens (tertiary/aromatic N) is 3. The van der Waals surface area contributed by atoms with E-state index in [0.717, 1.165) is 17.7 Å². The van der Waals surface area contributed by atoms with Crippen molar-refractivity contribution in [2.45, 2.75) is 45.8 Å². The number of aromatic nitrogens is 2. The summed E-state index contributed by atoms with van der Waals surface area (Å²) in [5.74, 6) is -2.38. The molecule has 0 spiro atoms. The van der Waals surface area contributed by atoms with Crippen molar-refractivity contribution in [1.29, 1.82) is 0 Å². The Morgan fingerprint density at radius 3 is 2.56 bits per heavy atom. The first-order valence-corrected chi connectivity index (χ1v) is 11.8. The van der Waals surface area contributed by atoms with Crippen LogP contribution in [0.1, 0.15) is 42.4 Å². The number of imidazole rings is 1. The van der Waals surface area contributed by atoms with Crippen molar-refractivity contribution in [1.82, 2.24) is 19.6 Å². The van der Waals surface area contributed by atoms with E-state index in [1.54, 1.807) is 36.3 Å². The molecule has 2 aromatic heterocycles. The molecule has 0 saturated carbocycles. The van der Waals surface area contributed by atoms with Crippen LogP contribution in [0, 0.1) is 18.6 Å². The predicted molar refractivity (Wildman–Crippen MR) is 130 cm³/mol. The summed E-state index contributed by atoms with van der Waals surface area (Å²) in [5.41, 5.74) is 1.04. The first kappa shape index (κ1) is 25.6. The van der Waals surface area contributed by atoms with E-state index in [0.29, 0.717) is 24.5 Å². The van der Waals surface area contributed by atoms with Gasteiger partial charge in [-0.25, -0.2) is 18.6 Å². The van der Waals surface area contributed by atoms with Crippen LogP contribution in [-0.2, 0) is 15.9 Å². The number of halogens is 2. The summed E-state index contributed by atoms with van der Waals surface area (Å²) in [6.45, 7) is 8.24. The van der Waals surface area contributed by atoms with E-state index >= 15 is 8.78 Å². The standard InChI is InChI=1S/C26H30F2N4O4/c1-15-6-7-32-20(13-17-14-31(8-9-35-17)25(34)36-26(2,3)4)23(30-21(32)10-15)22-18(27)11-16(12-19(22)28)24(33)29-5/h6-7,10-12,17H,8-9,13-14H2,1-5H3,(H,29,33)/t17-/m0/s1. The zero-order valence-corrected chi connectivity index (χ0v) is 21.0. The summed E-state index contributed by atoms with van der Waals surface area (Å²) >= 11 is 0. The van der Waals surface area contributed by atoms with Crippen molar-refractivity contribution in [3.05, 3.63) is 58.9 Å². The van der Waals surface area contributed by atoms with Gasteiger partial charge in [-0.2, -0.15) is 0 Å². The number of aryl methyl sites for hydroxylation is 1. The third-order valence-corrected chi connectivity index (χ3v) is 5.86. The van der Waals surface area contributed by atoms with E-state index < -0.39 is 35.3 Å². The second-order valence-electron chi connectivity index (χ2n) is 9.86. The van der Waals surface area contributed by atoms with Gasteiger partial charge in [0.2, 0.25) is 0 Å². The maximum Gasteiger partial charge on any atom is 0.410 e. The van der Waals surface area contributed by atoms with E-state index in [9.17, 15) is 9.59 Å². The topological polar surface area (TPSA) is 85.2 Å². The molecule has 0 bridgehead atoms. The van der Waals surface area contributed by atoms with Gasteiger partial charge in [0.25, 0.3) is 5.91 Å². The molecule has 36 heavy (non-hydrogen) atoms. The third-order valence-electron chi connectivity index (χ3n) is 5.86. The molecule has 3 heterocycles. The van der Waals surface area contributed by atoms with Crippen LogP contribution in [0.4, 0.5) is 13.6 Å². The number of rotatable bonds is 4. The molecular formula is C26H30F2N4O4. The molecule has 4 rings (SSSR count). The minimum atomic E-state index is -0.894. The van der Waals surface area contributed by atoms with Gasteiger partial charge in [0, 0.05) is 31.8 Å². The highest BCUT2D eigenvalue weighted by Crippen LogP contribution is 2.32. The lowest BCUT2D eigenvalue weighted by molar-refractivity contribution is -0.0418. The highest BCUT2D eigenvalue weighted by Gasteiger charge is 2.31. The number of fused-ring (bicyclic) bond motifs is 1. The molecule has 0 radical (unpaired) electrons. The molecule has 0 aliphatic carbocycles. The van der Waals surface area contributed by atoms with Crippen molar-refractivity contribution in [3.63, 3.8) is 0 Å². The summed E-state index contributed by atoms with van der Waals surface area (Å²) in [7, 11) is 1.39. The molecule has 1 aliphatic heterocycles. The van der Waals surface area contributed by atoms with E-state index in [4.69, 9.17) is 9.47 Å². The second kappa shape index (κ2) is 9.85. The molecule has 1 saturated heterocycles. The number of morpholine rings is 1. The Bertz CT molecular complexity index is 1290. The van der Waals surface area contributed by atoms with E-state index in [1.165, 1.54) is 7.05 Å². The number of nitrogens with one attached hydrogen (secondary N) is 1. The number of benzene rings is 1. The molecular weight excluding hydrogens is 470 g/mol. The number of ether oxygens (including phenoxy) is 2. The van der Waals surface area contributed by atoms with Gasteiger partial charge in [0.15, 0.2) is 0 Å². The van der Waals surface area contributed by atoms with Crippen molar-refractivity contribution in [3.8, 4) is 11.3 Å². The maximum atomic E-state index is 15.2. The second-order valence-corrected chi connectivity index (χ2v) is 9.86. The van der Waals surface area contributed by atoms with Gasteiger partial charge in [-0.3, -0.25) is 4.79 Å². The first-order chi connectivity index (χ1) is 17.0. The zero-order valence-electron chi connectivity index (χ0n) is 21.0. The molecule has 1 aliphatic rings. The van der Waals surface area contributed by atoms with Gasteiger partial charge >= 0.3 is 6.09 Å². The minimum absolute atomic E-state index is 0.122. The van der Waals surface area contributed by atoms with Crippen LogP contribution in [0.3, 0.4) is 0 Å². The molecule has 0 unspecified atom stereocenters. The van der Waals surface area contributed by atoms with Crippen LogP contribution in [0.15, 0.2) is 30.5 Å². The summed E-state index contributed by atoms with van der Waals surface area (Å²) in [6, 6.07) is 5.68. The lowest BCUT2D eigenvalue weighted by Crippen LogP contribution is -2.48. The molecule has 1 N–H and O–H groups in total. The van der Waals surface area contributed by atoms with Crippen LogP contribution >= 0.6 is 0 Å². The van der Waals surface area contributed by atoms with Crippen molar-refractivity contribution < 1.29 is 27.8 Å². The normalized spacial score (nSPS) is 16.3. The molecule has 10 heteroatoms. The molecule has 1 atom stereocenters. The molecule has 1 fully saturated rings. The number of hydrogen-bond donors (Lipinski definition) is 1. The fourth-order valence-electron chi connectivity index (χ4n) is 4.22. The first-order valence-electron chi connectivity index (χ1n) is 11.8. The van der Waals surface area contributed by atoms with Gasteiger partial charge in [0.1, 0.15) is 22.9 Å². The Morgan fingerprint density at radius 1 is 1.22 bits per heavy atom. The van der Waals surface area contributed by atoms with Gasteiger partial charge in [-0.15, -0.1) is 0 Å². The van der Waals surface area contributed by atoms with Crippen LogP contribution in [0.2, 0.25) is 0 Å². The monoisotopic (exact) mass is 500 g/mol. The smallest absolute Gasteiger partial charge is 0.410 e. The Kier molecular flexibility index (Phi) is 6.99. The Labute approximate surface area is 208 Å². The number of pyridine rings is 1. The highest BCUT2D eigenvalue weighted by molar-refractivity contribution is 5.94. The highest BCUT2D eigenvalue weighted by atomic mass is 19.1. The predicted octanol–water partition coefficient (Wildman–Crippen LogP) is 4.13. The fraction of sp³-hybridized carbons (Fsp3) is 0.423.